The quantitative estimate of drug-likeness (QED) is 0.720. The average molecular weight is 214 g/mol. The zero-order chi connectivity index (χ0) is 9.80. The van der Waals surface area contributed by atoms with Gasteiger partial charge in [0.25, 0.3) is 0 Å². The summed E-state index contributed by atoms with van der Waals surface area (Å²) in [4.78, 5) is 10.9. The number of hydrogen-bond donors (Lipinski definition) is 2. The predicted octanol–water partition coefficient (Wildman–Crippen LogP) is 0.608. The second-order valence-electron chi connectivity index (χ2n) is 4.19. The SMILES string of the molecule is O=C1CCC(CNCC2CCSC2)N1. The minimum atomic E-state index is 0.216. The van der Waals surface area contributed by atoms with E-state index in [9.17, 15) is 4.79 Å². The molecule has 2 N–H and O–H groups in total. The monoisotopic (exact) mass is 214 g/mol. The number of hydrogen-bond acceptors (Lipinski definition) is 3. The lowest BCUT2D eigenvalue weighted by Gasteiger charge is -2.13. The molecule has 4 heteroatoms. The minimum absolute atomic E-state index is 0.216. The van der Waals surface area contributed by atoms with Gasteiger partial charge in [-0.05, 0) is 36.8 Å². The highest BCUT2D eigenvalue weighted by Crippen LogP contribution is 2.22. The van der Waals surface area contributed by atoms with Crippen LogP contribution < -0.4 is 10.6 Å². The van der Waals surface area contributed by atoms with E-state index in [0.717, 1.165) is 25.4 Å². The molecule has 2 fully saturated rings. The van der Waals surface area contributed by atoms with Gasteiger partial charge < -0.3 is 10.6 Å². The fourth-order valence-corrected chi connectivity index (χ4v) is 3.32. The summed E-state index contributed by atoms with van der Waals surface area (Å²) < 4.78 is 0. The van der Waals surface area contributed by atoms with E-state index in [4.69, 9.17) is 0 Å². The van der Waals surface area contributed by atoms with E-state index in [1.165, 1.54) is 17.9 Å². The Morgan fingerprint density at radius 2 is 2.36 bits per heavy atom. The Balaban J connectivity index is 1.56. The Labute approximate surface area is 89.4 Å². The van der Waals surface area contributed by atoms with Gasteiger partial charge in [-0.15, -0.1) is 0 Å². The van der Waals surface area contributed by atoms with Crippen molar-refractivity contribution in [1.29, 1.82) is 0 Å². The van der Waals surface area contributed by atoms with Gasteiger partial charge in [-0.25, -0.2) is 0 Å². The van der Waals surface area contributed by atoms with E-state index >= 15 is 0 Å². The van der Waals surface area contributed by atoms with Crippen LogP contribution in [0.15, 0.2) is 0 Å². The third kappa shape index (κ3) is 2.89. The molecule has 80 valence electrons. The number of thioether (sulfide) groups is 1. The molecule has 2 atom stereocenters. The molecule has 0 aliphatic carbocycles. The maximum Gasteiger partial charge on any atom is 0.220 e. The molecule has 0 aromatic carbocycles. The lowest BCUT2D eigenvalue weighted by atomic mass is 10.1. The fraction of sp³-hybridized carbons (Fsp3) is 0.900. The normalized spacial score (nSPS) is 32.1. The summed E-state index contributed by atoms with van der Waals surface area (Å²) in [5.41, 5.74) is 0. The molecule has 2 aliphatic rings. The molecule has 3 nitrogen and oxygen atoms in total. The van der Waals surface area contributed by atoms with Crippen LogP contribution in [-0.2, 0) is 4.79 Å². The van der Waals surface area contributed by atoms with Gasteiger partial charge in [0.1, 0.15) is 0 Å². The van der Waals surface area contributed by atoms with Gasteiger partial charge >= 0.3 is 0 Å². The van der Waals surface area contributed by atoms with E-state index in [0.29, 0.717) is 12.5 Å². The van der Waals surface area contributed by atoms with Crippen molar-refractivity contribution in [3.05, 3.63) is 0 Å². The smallest absolute Gasteiger partial charge is 0.220 e. The molecule has 0 saturated carbocycles. The minimum Gasteiger partial charge on any atom is -0.352 e. The first-order chi connectivity index (χ1) is 6.84. The second-order valence-corrected chi connectivity index (χ2v) is 5.34. The summed E-state index contributed by atoms with van der Waals surface area (Å²) in [7, 11) is 0. The fourth-order valence-electron chi connectivity index (χ4n) is 2.04. The van der Waals surface area contributed by atoms with Crippen molar-refractivity contribution in [2.75, 3.05) is 24.6 Å². The standard InChI is InChI=1S/C10H18N2OS/c13-10-2-1-9(12-10)6-11-5-8-3-4-14-7-8/h8-9,11H,1-7H2,(H,12,13). The number of amides is 1. The highest BCUT2D eigenvalue weighted by atomic mass is 32.2. The van der Waals surface area contributed by atoms with Crippen LogP contribution in [0.25, 0.3) is 0 Å². The largest absolute Gasteiger partial charge is 0.352 e. The molecule has 14 heavy (non-hydrogen) atoms. The van der Waals surface area contributed by atoms with Crippen LogP contribution in [0.5, 0.6) is 0 Å². The van der Waals surface area contributed by atoms with E-state index in [2.05, 4.69) is 22.4 Å². The Hall–Kier alpha value is -0.220. The van der Waals surface area contributed by atoms with E-state index < -0.39 is 0 Å². The van der Waals surface area contributed by atoms with Crippen LogP contribution >= 0.6 is 11.8 Å². The number of nitrogens with one attached hydrogen (secondary N) is 2. The van der Waals surface area contributed by atoms with Crippen molar-refractivity contribution in [3.63, 3.8) is 0 Å². The summed E-state index contributed by atoms with van der Waals surface area (Å²) in [6.07, 6.45) is 3.07. The van der Waals surface area contributed by atoms with Crippen molar-refractivity contribution >= 4 is 17.7 Å². The highest BCUT2D eigenvalue weighted by Gasteiger charge is 2.21. The lowest BCUT2D eigenvalue weighted by Crippen LogP contribution is -2.37. The third-order valence-electron chi connectivity index (χ3n) is 2.93. The van der Waals surface area contributed by atoms with Gasteiger partial charge in [-0.1, -0.05) is 0 Å². The van der Waals surface area contributed by atoms with E-state index in [1.54, 1.807) is 0 Å². The second kappa shape index (κ2) is 5.03. The van der Waals surface area contributed by atoms with Crippen LogP contribution in [0, 0.1) is 5.92 Å². The molecule has 1 amide bonds. The number of carbonyl (C=O) groups is 1. The summed E-state index contributed by atoms with van der Waals surface area (Å²) in [5, 5.41) is 6.43. The summed E-state index contributed by atoms with van der Waals surface area (Å²) >= 11 is 2.06. The third-order valence-corrected chi connectivity index (χ3v) is 4.16. The Kier molecular flexibility index (Phi) is 3.70. The molecular weight excluding hydrogens is 196 g/mol. The van der Waals surface area contributed by atoms with Crippen molar-refractivity contribution < 1.29 is 4.79 Å². The van der Waals surface area contributed by atoms with Crippen molar-refractivity contribution in [2.45, 2.75) is 25.3 Å². The lowest BCUT2D eigenvalue weighted by molar-refractivity contribution is -0.119. The molecule has 0 bridgehead atoms. The van der Waals surface area contributed by atoms with Crippen LogP contribution in [-0.4, -0.2) is 36.5 Å². The zero-order valence-electron chi connectivity index (χ0n) is 8.42. The summed E-state index contributed by atoms with van der Waals surface area (Å²) in [6, 6.07) is 0.386. The molecule has 0 radical (unpaired) electrons. The van der Waals surface area contributed by atoms with Gasteiger partial charge in [0.05, 0.1) is 0 Å². The van der Waals surface area contributed by atoms with Crippen molar-refractivity contribution in [2.24, 2.45) is 5.92 Å². The molecule has 2 rings (SSSR count). The maximum atomic E-state index is 10.9. The average Bonchev–Trinajstić information content (AvgIpc) is 2.77. The first-order valence-electron chi connectivity index (χ1n) is 5.42. The zero-order valence-corrected chi connectivity index (χ0v) is 9.24. The molecule has 2 saturated heterocycles. The summed E-state index contributed by atoms with van der Waals surface area (Å²) in [5.74, 6) is 3.71. The van der Waals surface area contributed by atoms with E-state index in [-0.39, 0.29) is 5.91 Å². The molecule has 2 aliphatic heterocycles. The van der Waals surface area contributed by atoms with Gasteiger partial charge in [0.2, 0.25) is 5.91 Å². The van der Waals surface area contributed by atoms with Gasteiger partial charge in [-0.2, -0.15) is 11.8 Å². The Morgan fingerprint density at radius 3 is 3.00 bits per heavy atom. The van der Waals surface area contributed by atoms with Crippen LogP contribution in [0.1, 0.15) is 19.3 Å². The van der Waals surface area contributed by atoms with E-state index in [1.807, 2.05) is 0 Å². The predicted molar refractivity (Wildman–Crippen MR) is 59.5 cm³/mol. The first kappa shape index (κ1) is 10.3. The molecule has 0 spiro atoms. The number of rotatable bonds is 4. The van der Waals surface area contributed by atoms with Crippen molar-refractivity contribution in [1.82, 2.24) is 10.6 Å². The number of carbonyl (C=O) groups excluding carboxylic acids is 1. The molecule has 2 unspecified atom stereocenters. The summed E-state index contributed by atoms with van der Waals surface area (Å²) in [6.45, 7) is 2.08. The molecular formula is C10H18N2OS. The molecule has 2 heterocycles. The van der Waals surface area contributed by atoms with Crippen molar-refractivity contribution in [3.8, 4) is 0 Å². The first-order valence-corrected chi connectivity index (χ1v) is 6.58. The van der Waals surface area contributed by atoms with Gasteiger partial charge in [-0.3, -0.25) is 4.79 Å². The Bertz CT molecular complexity index is 204. The van der Waals surface area contributed by atoms with Crippen LogP contribution in [0.4, 0.5) is 0 Å². The highest BCUT2D eigenvalue weighted by molar-refractivity contribution is 7.99. The van der Waals surface area contributed by atoms with Gasteiger partial charge in [0.15, 0.2) is 0 Å². The van der Waals surface area contributed by atoms with Crippen LogP contribution in [0.2, 0.25) is 0 Å². The van der Waals surface area contributed by atoms with Crippen LogP contribution in [0.3, 0.4) is 0 Å². The molecule has 0 aromatic heterocycles. The molecule has 0 aromatic rings. The Morgan fingerprint density at radius 1 is 1.43 bits per heavy atom. The maximum absolute atomic E-state index is 10.9. The topological polar surface area (TPSA) is 41.1 Å². The van der Waals surface area contributed by atoms with Gasteiger partial charge in [0, 0.05) is 19.0 Å².